The molecule has 0 bridgehead atoms. The van der Waals surface area contributed by atoms with Crippen LogP contribution in [0.2, 0.25) is 0 Å². The van der Waals surface area contributed by atoms with Gasteiger partial charge in [-0.3, -0.25) is 0 Å². The quantitative estimate of drug-likeness (QED) is 0.548. The first-order chi connectivity index (χ1) is 5.38. The zero-order valence-electron chi connectivity index (χ0n) is 6.57. The maximum absolute atomic E-state index is 3.29. The minimum Gasteiger partial charge on any atom is -0.381 e. The van der Waals surface area contributed by atoms with E-state index in [0.29, 0.717) is 12.1 Å². The van der Waals surface area contributed by atoms with Crippen LogP contribution in [-0.4, -0.2) is 24.0 Å². The van der Waals surface area contributed by atoms with Crippen molar-refractivity contribution in [3.63, 3.8) is 0 Å². The molecule has 2 heteroatoms. The van der Waals surface area contributed by atoms with Gasteiger partial charge in [-0.1, -0.05) is 24.3 Å². The molecule has 0 amide bonds. The van der Waals surface area contributed by atoms with E-state index in [2.05, 4.69) is 47.8 Å². The van der Waals surface area contributed by atoms with Crippen LogP contribution < -0.4 is 5.32 Å². The number of hydrogen-bond donors (Lipinski definition) is 1. The monoisotopic (exact) mass is 148 g/mol. The van der Waals surface area contributed by atoms with E-state index in [1.807, 2.05) is 6.20 Å². The van der Waals surface area contributed by atoms with Crippen molar-refractivity contribution in [1.82, 2.24) is 10.2 Å². The number of allylic oxidation sites excluding steroid dienone is 2. The molecule has 0 saturated carbocycles. The molecule has 2 rings (SSSR count). The molecule has 1 aliphatic heterocycles. The molecule has 2 atom stereocenters. The molecule has 0 saturated heterocycles. The highest BCUT2D eigenvalue weighted by Gasteiger charge is 2.21. The van der Waals surface area contributed by atoms with Gasteiger partial charge in [-0.2, -0.15) is 0 Å². The molecule has 0 aromatic carbocycles. The Kier molecular flexibility index (Phi) is 1.46. The van der Waals surface area contributed by atoms with Crippen LogP contribution in [0.15, 0.2) is 36.7 Å². The largest absolute Gasteiger partial charge is 0.381 e. The van der Waals surface area contributed by atoms with Gasteiger partial charge in [0.2, 0.25) is 0 Å². The van der Waals surface area contributed by atoms with E-state index in [0.717, 1.165) is 0 Å². The fourth-order valence-electron chi connectivity index (χ4n) is 1.51. The first kappa shape index (κ1) is 6.53. The maximum atomic E-state index is 3.29. The average Bonchev–Trinajstić information content (AvgIpc) is 2.06. The van der Waals surface area contributed by atoms with Crippen molar-refractivity contribution in [3.8, 4) is 0 Å². The molecule has 1 heterocycles. The summed E-state index contributed by atoms with van der Waals surface area (Å²) in [4.78, 5) is 2.21. The van der Waals surface area contributed by atoms with Crippen molar-refractivity contribution in [1.29, 1.82) is 0 Å². The van der Waals surface area contributed by atoms with Crippen LogP contribution in [-0.2, 0) is 0 Å². The van der Waals surface area contributed by atoms with E-state index in [1.165, 1.54) is 0 Å². The van der Waals surface area contributed by atoms with Crippen LogP contribution in [0.25, 0.3) is 0 Å². The first-order valence-corrected chi connectivity index (χ1v) is 3.87. The molecule has 2 nitrogen and oxygen atoms in total. The molecule has 58 valence electrons. The highest BCUT2D eigenvalue weighted by atomic mass is 15.2. The van der Waals surface area contributed by atoms with E-state index in [1.54, 1.807) is 0 Å². The van der Waals surface area contributed by atoms with Gasteiger partial charge in [0.1, 0.15) is 0 Å². The zero-order chi connectivity index (χ0) is 7.68. The zero-order valence-corrected chi connectivity index (χ0v) is 6.57. The molecule has 11 heavy (non-hydrogen) atoms. The van der Waals surface area contributed by atoms with Gasteiger partial charge in [0.15, 0.2) is 0 Å². The molecule has 1 N–H and O–H groups in total. The summed E-state index contributed by atoms with van der Waals surface area (Å²) in [6.07, 6.45) is 12.6. The standard InChI is InChI=1S/C9H12N2/c1-11-7-6-10-8-4-2-3-5-9(8)11/h2-10H,1H3. The Hall–Kier alpha value is -1.18. The summed E-state index contributed by atoms with van der Waals surface area (Å²) < 4.78 is 0. The van der Waals surface area contributed by atoms with Crippen molar-refractivity contribution >= 4 is 0 Å². The normalized spacial score (nSPS) is 33.4. The van der Waals surface area contributed by atoms with E-state index < -0.39 is 0 Å². The second kappa shape index (κ2) is 2.46. The van der Waals surface area contributed by atoms with E-state index in [9.17, 15) is 0 Å². The highest BCUT2D eigenvalue weighted by molar-refractivity contribution is 5.23. The predicted molar refractivity (Wildman–Crippen MR) is 45.9 cm³/mol. The summed E-state index contributed by atoms with van der Waals surface area (Å²) in [5.74, 6) is 0. The Labute approximate surface area is 66.9 Å². The van der Waals surface area contributed by atoms with Crippen LogP contribution in [0, 0.1) is 0 Å². The number of nitrogens with one attached hydrogen (secondary N) is 1. The van der Waals surface area contributed by atoms with E-state index in [-0.39, 0.29) is 0 Å². The molecule has 2 unspecified atom stereocenters. The third kappa shape index (κ3) is 1.04. The summed E-state index contributed by atoms with van der Waals surface area (Å²) in [6.45, 7) is 0. The lowest BCUT2D eigenvalue weighted by Gasteiger charge is -2.35. The van der Waals surface area contributed by atoms with Gasteiger partial charge < -0.3 is 10.2 Å². The molecule has 0 aromatic heterocycles. The van der Waals surface area contributed by atoms with Crippen LogP contribution in [0.4, 0.5) is 0 Å². The van der Waals surface area contributed by atoms with Gasteiger partial charge in [-0.25, -0.2) is 0 Å². The van der Waals surface area contributed by atoms with Crippen LogP contribution in [0.5, 0.6) is 0 Å². The SMILES string of the molecule is CN1C=CNC2C=CC=CC21. The Bertz CT molecular complexity index is 228. The summed E-state index contributed by atoms with van der Waals surface area (Å²) in [5, 5.41) is 3.29. The number of rotatable bonds is 0. The lowest BCUT2D eigenvalue weighted by molar-refractivity contribution is 0.318. The minimum atomic E-state index is 0.454. The number of nitrogens with zero attached hydrogens (tertiary/aromatic N) is 1. The highest BCUT2D eigenvalue weighted by Crippen LogP contribution is 2.14. The Morgan fingerprint density at radius 1 is 1.27 bits per heavy atom. The van der Waals surface area contributed by atoms with E-state index >= 15 is 0 Å². The average molecular weight is 148 g/mol. The fraction of sp³-hybridized carbons (Fsp3) is 0.333. The second-order valence-electron chi connectivity index (χ2n) is 2.93. The minimum absolute atomic E-state index is 0.454. The van der Waals surface area contributed by atoms with Gasteiger partial charge in [-0.15, -0.1) is 0 Å². The Morgan fingerprint density at radius 2 is 2.09 bits per heavy atom. The van der Waals surface area contributed by atoms with Gasteiger partial charge >= 0.3 is 0 Å². The van der Waals surface area contributed by atoms with Crippen molar-refractivity contribution in [2.24, 2.45) is 0 Å². The Morgan fingerprint density at radius 3 is 2.91 bits per heavy atom. The fourth-order valence-corrected chi connectivity index (χ4v) is 1.51. The predicted octanol–water partition coefficient (Wildman–Crippen LogP) is 0.856. The third-order valence-corrected chi connectivity index (χ3v) is 2.17. The smallest absolute Gasteiger partial charge is 0.0705 e. The summed E-state index contributed by atoms with van der Waals surface area (Å²) in [5.41, 5.74) is 0. The molecule has 0 spiro atoms. The molecule has 0 aromatic rings. The number of hydrogen-bond acceptors (Lipinski definition) is 2. The molecule has 1 aliphatic carbocycles. The number of likely N-dealkylation sites (N-methyl/N-ethyl adjacent to an activating group) is 1. The van der Waals surface area contributed by atoms with Gasteiger partial charge in [0, 0.05) is 19.4 Å². The molecular formula is C9H12N2. The summed E-state index contributed by atoms with van der Waals surface area (Å²) in [7, 11) is 2.10. The van der Waals surface area contributed by atoms with Crippen LogP contribution in [0.1, 0.15) is 0 Å². The topological polar surface area (TPSA) is 15.3 Å². The van der Waals surface area contributed by atoms with Gasteiger partial charge in [0.05, 0.1) is 12.1 Å². The summed E-state index contributed by atoms with van der Waals surface area (Å²) >= 11 is 0. The first-order valence-electron chi connectivity index (χ1n) is 3.87. The lowest BCUT2D eigenvalue weighted by Crippen LogP contribution is -2.46. The van der Waals surface area contributed by atoms with Gasteiger partial charge in [0.25, 0.3) is 0 Å². The second-order valence-corrected chi connectivity index (χ2v) is 2.93. The molecule has 0 radical (unpaired) electrons. The van der Waals surface area contributed by atoms with Crippen molar-refractivity contribution < 1.29 is 0 Å². The van der Waals surface area contributed by atoms with Crippen molar-refractivity contribution in [3.05, 3.63) is 36.7 Å². The molecule has 0 fully saturated rings. The lowest BCUT2D eigenvalue weighted by atomic mass is 10.0. The summed E-state index contributed by atoms with van der Waals surface area (Å²) in [6, 6.07) is 0.944. The van der Waals surface area contributed by atoms with Crippen molar-refractivity contribution in [2.75, 3.05) is 7.05 Å². The Balaban J connectivity index is 2.23. The van der Waals surface area contributed by atoms with Crippen molar-refractivity contribution in [2.45, 2.75) is 12.1 Å². The van der Waals surface area contributed by atoms with E-state index in [4.69, 9.17) is 0 Å². The van der Waals surface area contributed by atoms with Crippen LogP contribution in [0.3, 0.4) is 0 Å². The maximum Gasteiger partial charge on any atom is 0.0705 e. The number of fused-ring (bicyclic) bond motifs is 1. The molecule has 2 aliphatic rings. The van der Waals surface area contributed by atoms with Crippen LogP contribution >= 0.6 is 0 Å². The van der Waals surface area contributed by atoms with Gasteiger partial charge in [-0.05, 0) is 0 Å². The third-order valence-electron chi connectivity index (χ3n) is 2.17. The molecular weight excluding hydrogens is 136 g/mol.